The highest BCUT2D eigenvalue weighted by molar-refractivity contribution is 5.96. The number of piperidine rings is 1. The number of likely N-dealkylation sites (tertiary alicyclic amines) is 1. The van der Waals surface area contributed by atoms with Crippen LogP contribution in [0.3, 0.4) is 0 Å². The van der Waals surface area contributed by atoms with Crippen LogP contribution < -0.4 is 0 Å². The second kappa shape index (κ2) is 6.28. The van der Waals surface area contributed by atoms with Gasteiger partial charge in [0.15, 0.2) is 0 Å². The van der Waals surface area contributed by atoms with Gasteiger partial charge in [-0.2, -0.15) is 5.10 Å². The van der Waals surface area contributed by atoms with Gasteiger partial charge in [0.25, 0.3) is 5.91 Å². The second-order valence-electron chi connectivity index (χ2n) is 5.60. The van der Waals surface area contributed by atoms with E-state index in [2.05, 4.69) is 5.10 Å². The van der Waals surface area contributed by atoms with Crippen molar-refractivity contribution in [3.05, 3.63) is 17.0 Å². The molecule has 0 aromatic carbocycles. The number of aromatic nitrogens is 2. The maximum absolute atomic E-state index is 12.9. The van der Waals surface area contributed by atoms with Crippen LogP contribution in [0.1, 0.15) is 47.4 Å². The summed E-state index contributed by atoms with van der Waals surface area (Å²) < 4.78 is 6.47. The molecule has 116 valence electrons. The molecule has 0 saturated carbocycles. The van der Waals surface area contributed by atoms with Crippen LogP contribution in [0.25, 0.3) is 0 Å². The van der Waals surface area contributed by atoms with Crippen LogP contribution in [0.2, 0.25) is 0 Å². The molecule has 21 heavy (non-hydrogen) atoms. The Morgan fingerprint density at radius 1 is 1.33 bits per heavy atom. The quantitative estimate of drug-likeness (QED) is 0.794. The van der Waals surface area contributed by atoms with E-state index in [0.29, 0.717) is 12.1 Å². The van der Waals surface area contributed by atoms with Gasteiger partial charge in [0.05, 0.1) is 24.8 Å². The summed E-state index contributed by atoms with van der Waals surface area (Å²) in [5.41, 5.74) is 2.26. The van der Waals surface area contributed by atoms with E-state index in [1.54, 1.807) is 4.68 Å². The topological polar surface area (TPSA) is 64.4 Å². The number of methoxy groups -OCH3 is 1. The molecule has 1 amide bonds. The van der Waals surface area contributed by atoms with Crippen molar-refractivity contribution in [3.63, 3.8) is 0 Å². The van der Waals surface area contributed by atoms with Crippen molar-refractivity contribution in [1.82, 2.24) is 14.7 Å². The number of aryl methyl sites for hydroxylation is 2. The number of amides is 1. The predicted molar refractivity (Wildman–Crippen MR) is 78.0 cm³/mol. The van der Waals surface area contributed by atoms with Gasteiger partial charge < -0.3 is 9.64 Å². The molecule has 2 heterocycles. The van der Waals surface area contributed by atoms with E-state index in [9.17, 15) is 9.59 Å². The average molecular weight is 293 g/mol. The van der Waals surface area contributed by atoms with Crippen LogP contribution in [0.4, 0.5) is 0 Å². The van der Waals surface area contributed by atoms with Gasteiger partial charge in [0, 0.05) is 25.3 Å². The molecule has 1 atom stereocenters. The average Bonchev–Trinajstić information content (AvgIpc) is 2.72. The van der Waals surface area contributed by atoms with Crippen LogP contribution in [0.5, 0.6) is 0 Å². The fourth-order valence-electron chi connectivity index (χ4n) is 2.98. The molecule has 1 aliphatic heterocycles. The third kappa shape index (κ3) is 3.09. The number of rotatable bonds is 3. The summed E-state index contributed by atoms with van der Waals surface area (Å²) in [5, 5.41) is 4.31. The van der Waals surface area contributed by atoms with Gasteiger partial charge in [-0.25, -0.2) is 0 Å². The summed E-state index contributed by atoms with van der Waals surface area (Å²) in [6, 6.07) is -0.0716. The SMILES string of the molecule is COC(=O)CC1CCCCN1C(=O)c1c(C)nn(C)c1C. The second-order valence-corrected chi connectivity index (χ2v) is 5.60. The Morgan fingerprint density at radius 2 is 2.05 bits per heavy atom. The zero-order chi connectivity index (χ0) is 15.6. The first kappa shape index (κ1) is 15.5. The third-order valence-electron chi connectivity index (χ3n) is 4.24. The van der Waals surface area contributed by atoms with Crippen molar-refractivity contribution in [2.75, 3.05) is 13.7 Å². The molecule has 0 N–H and O–H groups in total. The first-order chi connectivity index (χ1) is 9.95. The van der Waals surface area contributed by atoms with E-state index in [0.717, 1.165) is 30.7 Å². The molecule has 6 nitrogen and oxygen atoms in total. The van der Waals surface area contributed by atoms with Crippen molar-refractivity contribution >= 4 is 11.9 Å². The summed E-state index contributed by atoms with van der Waals surface area (Å²) >= 11 is 0. The Balaban J connectivity index is 2.24. The fraction of sp³-hybridized carbons (Fsp3) is 0.667. The highest BCUT2D eigenvalue weighted by Gasteiger charge is 2.32. The Morgan fingerprint density at radius 3 is 2.62 bits per heavy atom. The normalized spacial score (nSPS) is 18.7. The highest BCUT2D eigenvalue weighted by Crippen LogP contribution is 2.24. The van der Waals surface area contributed by atoms with E-state index >= 15 is 0 Å². The summed E-state index contributed by atoms with van der Waals surface area (Å²) in [4.78, 5) is 26.2. The van der Waals surface area contributed by atoms with E-state index in [1.165, 1.54) is 7.11 Å². The standard InChI is InChI=1S/C15H23N3O3/c1-10-14(11(2)17(3)16-10)15(20)18-8-6-5-7-12(18)9-13(19)21-4/h12H,5-9H2,1-4H3. The summed E-state index contributed by atoms with van der Waals surface area (Å²) in [5.74, 6) is -0.286. The number of ether oxygens (including phenoxy) is 1. The Hall–Kier alpha value is -1.85. The monoisotopic (exact) mass is 293 g/mol. The molecule has 1 aromatic rings. The highest BCUT2D eigenvalue weighted by atomic mass is 16.5. The van der Waals surface area contributed by atoms with Gasteiger partial charge in [-0.3, -0.25) is 14.3 Å². The van der Waals surface area contributed by atoms with Gasteiger partial charge in [0.1, 0.15) is 0 Å². The maximum Gasteiger partial charge on any atom is 0.307 e. The van der Waals surface area contributed by atoms with Gasteiger partial charge in [0.2, 0.25) is 0 Å². The lowest BCUT2D eigenvalue weighted by Gasteiger charge is -2.35. The molecular weight excluding hydrogens is 270 g/mol. The largest absolute Gasteiger partial charge is 0.469 e. The molecule has 1 unspecified atom stereocenters. The number of esters is 1. The van der Waals surface area contributed by atoms with E-state index in [1.807, 2.05) is 25.8 Å². The first-order valence-corrected chi connectivity index (χ1v) is 7.33. The lowest BCUT2D eigenvalue weighted by Crippen LogP contribution is -2.45. The summed E-state index contributed by atoms with van der Waals surface area (Å²) in [7, 11) is 3.22. The Bertz CT molecular complexity index is 551. The molecular formula is C15H23N3O3. The predicted octanol–water partition coefficient (Wildman–Crippen LogP) is 1.59. The molecule has 0 radical (unpaired) electrons. The molecule has 1 saturated heterocycles. The van der Waals surface area contributed by atoms with Gasteiger partial charge in [-0.1, -0.05) is 0 Å². The maximum atomic E-state index is 12.9. The number of carbonyl (C=O) groups excluding carboxylic acids is 2. The molecule has 2 rings (SSSR count). The van der Waals surface area contributed by atoms with Crippen molar-refractivity contribution in [2.24, 2.45) is 7.05 Å². The van der Waals surface area contributed by atoms with E-state index in [-0.39, 0.29) is 24.3 Å². The number of hydrogen-bond acceptors (Lipinski definition) is 4. The van der Waals surface area contributed by atoms with Crippen molar-refractivity contribution in [1.29, 1.82) is 0 Å². The molecule has 0 spiro atoms. The van der Waals surface area contributed by atoms with E-state index in [4.69, 9.17) is 4.74 Å². The van der Waals surface area contributed by atoms with Crippen LogP contribution in [0, 0.1) is 13.8 Å². The van der Waals surface area contributed by atoms with Crippen LogP contribution in [0.15, 0.2) is 0 Å². The lowest BCUT2D eigenvalue weighted by atomic mass is 9.98. The zero-order valence-corrected chi connectivity index (χ0v) is 13.2. The summed E-state index contributed by atoms with van der Waals surface area (Å²) in [6.07, 6.45) is 3.12. The minimum absolute atomic E-state index is 0.0216. The fourth-order valence-corrected chi connectivity index (χ4v) is 2.98. The number of hydrogen-bond donors (Lipinski definition) is 0. The summed E-state index contributed by atoms with van der Waals surface area (Å²) in [6.45, 7) is 4.43. The minimum Gasteiger partial charge on any atom is -0.469 e. The molecule has 0 bridgehead atoms. The molecule has 6 heteroatoms. The Labute approximate surface area is 125 Å². The number of nitrogens with zero attached hydrogens (tertiary/aromatic N) is 3. The van der Waals surface area contributed by atoms with Crippen LogP contribution in [-0.2, 0) is 16.6 Å². The van der Waals surface area contributed by atoms with Crippen molar-refractivity contribution in [2.45, 2.75) is 45.6 Å². The smallest absolute Gasteiger partial charge is 0.307 e. The van der Waals surface area contributed by atoms with Crippen molar-refractivity contribution < 1.29 is 14.3 Å². The number of carbonyl (C=O) groups is 2. The molecule has 1 aromatic heterocycles. The molecule has 1 fully saturated rings. The van der Waals surface area contributed by atoms with Gasteiger partial charge >= 0.3 is 5.97 Å². The van der Waals surface area contributed by atoms with Crippen LogP contribution in [-0.4, -0.2) is 46.3 Å². The molecule has 0 aliphatic carbocycles. The zero-order valence-electron chi connectivity index (χ0n) is 13.2. The van der Waals surface area contributed by atoms with Gasteiger partial charge in [-0.05, 0) is 33.1 Å². The Kier molecular flexibility index (Phi) is 4.65. The first-order valence-electron chi connectivity index (χ1n) is 7.33. The minimum atomic E-state index is -0.265. The third-order valence-corrected chi connectivity index (χ3v) is 4.24. The van der Waals surface area contributed by atoms with Gasteiger partial charge in [-0.15, -0.1) is 0 Å². The van der Waals surface area contributed by atoms with Crippen molar-refractivity contribution in [3.8, 4) is 0 Å². The van der Waals surface area contributed by atoms with E-state index < -0.39 is 0 Å². The lowest BCUT2D eigenvalue weighted by molar-refractivity contribution is -0.142. The molecule has 1 aliphatic rings. The van der Waals surface area contributed by atoms with Crippen LogP contribution >= 0.6 is 0 Å².